The van der Waals surface area contributed by atoms with Gasteiger partial charge in [0.1, 0.15) is 0 Å². The zero-order chi connectivity index (χ0) is 11.3. The number of hydrogen-bond donors (Lipinski definition) is 2. The summed E-state index contributed by atoms with van der Waals surface area (Å²) >= 11 is 0. The van der Waals surface area contributed by atoms with Crippen molar-refractivity contribution < 1.29 is 14.6 Å². The van der Waals surface area contributed by atoms with E-state index in [2.05, 4.69) is 5.32 Å². The molecule has 5 heteroatoms. The van der Waals surface area contributed by atoms with Crippen LogP contribution in [0.2, 0.25) is 0 Å². The van der Waals surface area contributed by atoms with Crippen LogP contribution in [-0.2, 0) is 9.53 Å². The summed E-state index contributed by atoms with van der Waals surface area (Å²) in [5.74, 6) is 0.0336. The quantitative estimate of drug-likeness (QED) is 0.591. The van der Waals surface area contributed by atoms with E-state index in [0.717, 1.165) is 0 Å². The highest BCUT2D eigenvalue weighted by atomic mass is 16.5. The van der Waals surface area contributed by atoms with Gasteiger partial charge in [-0.05, 0) is 13.3 Å². The third-order valence-electron chi connectivity index (χ3n) is 2.56. The molecule has 1 aliphatic heterocycles. The monoisotopic (exact) mass is 216 g/mol. The topological polar surface area (TPSA) is 61.8 Å². The first kappa shape index (κ1) is 12.4. The Labute approximate surface area is 90.4 Å². The summed E-state index contributed by atoms with van der Waals surface area (Å²) in [7, 11) is 1.76. The molecule has 15 heavy (non-hydrogen) atoms. The molecule has 1 fully saturated rings. The van der Waals surface area contributed by atoms with Crippen molar-refractivity contribution in [1.29, 1.82) is 0 Å². The number of nitrogens with zero attached hydrogens (tertiary/aromatic N) is 1. The highest BCUT2D eigenvalue weighted by molar-refractivity contribution is 5.82. The molecule has 2 unspecified atom stereocenters. The molecule has 2 atom stereocenters. The average molecular weight is 216 g/mol. The first-order valence-corrected chi connectivity index (χ1v) is 5.39. The molecule has 0 aromatic rings. The Morgan fingerprint density at radius 1 is 1.67 bits per heavy atom. The molecule has 88 valence electrons. The third kappa shape index (κ3) is 3.77. The number of carbonyl (C=O) groups is 1. The van der Waals surface area contributed by atoms with Gasteiger partial charge in [-0.1, -0.05) is 0 Å². The lowest BCUT2D eigenvalue weighted by Crippen LogP contribution is -2.42. The van der Waals surface area contributed by atoms with Gasteiger partial charge in [-0.2, -0.15) is 0 Å². The summed E-state index contributed by atoms with van der Waals surface area (Å²) in [5, 5.41) is 12.3. The van der Waals surface area contributed by atoms with E-state index in [1.807, 2.05) is 6.92 Å². The zero-order valence-corrected chi connectivity index (χ0v) is 9.40. The molecule has 0 aromatic heterocycles. The second-order valence-electron chi connectivity index (χ2n) is 3.81. The Hall–Kier alpha value is -0.650. The first-order chi connectivity index (χ1) is 7.15. The number of hydrogen-bond acceptors (Lipinski definition) is 4. The van der Waals surface area contributed by atoms with E-state index < -0.39 is 0 Å². The maximum atomic E-state index is 11.8. The fourth-order valence-corrected chi connectivity index (χ4v) is 1.63. The average Bonchev–Trinajstić information content (AvgIpc) is 2.64. The summed E-state index contributed by atoms with van der Waals surface area (Å²) in [5.41, 5.74) is 0. The standard InChI is InChI=1S/C10H20N2O3/c1-3-15-5-4-12(2)10(14)9-6-8(13)7-11-9/h8-9,11,13H,3-7H2,1-2H3. The van der Waals surface area contributed by atoms with Gasteiger partial charge in [0.05, 0.1) is 18.8 Å². The molecule has 5 nitrogen and oxygen atoms in total. The van der Waals surface area contributed by atoms with Gasteiger partial charge in [-0.3, -0.25) is 4.79 Å². The summed E-state index contributed by atoms with van der Waals surface area (Å²) in [6, 6.07) is -0.230. The van der Waals surface area contributed by atoms with E-state index in [0.29, 0.717) is 32.7 Å². The Morgan fingerprint density at radius 3 is 2.93 bits per heavy atom. The van der Waals surface area contributed by atoms with Crippen LogP contribution in [0.15, 0.2) is 0 Å². The van der Waals surface area contributed by atoms with Crippen molar-refractivity contribution in [2.45, 2.75) is 25.5 Å². The zero-order valence-electron chi connectivity index (χ0n) is 9.40. The number of aliphatic hydroxyl groups is 1. The molecule has 0 bridgehead atoms. The number of β-amino-alcohol motifs (C(OH)–C–C–N with tert-alkyl or cyclic N) is 1. The molecule has 2 N–H and O–H groups in total. The SMILES string of the molecule is CCOCCN(C)C(=O)C1CC(O)CN1. The van der Waals surface area contributed by atoms with E-state index in [4.69, 9.17) is 4.74 Å². The van der Waals surface area contributed by atoms with E-state index in [-0.39, 0.29) is 18.1 Å². The second-order valence-corrected chi connectivity index (χ2v) is 3.81. The van der Waals surface area contributed by atoms with Crippen LogP contribution >= 0.6 is 0 Å². The van der Waals surface area contributed by atoms with Gasteiger partial charge in [-0.25, -0.2) is 0 Å². The van der Waals surface area contributed by atoms with E-state index in [1.54, 1.807) is 11.9 Å². The van der Waals surface area contributed by atoms with Crippen molar-refractivity contribution in [2.24, 2.45) is 0 Å². The van der Waals surface area contributed by atoms with Gasteiger partial charge in [0.2, 0.25) is 5.91 Å². The molecule has 1 rings (SSSR count). The number of aliphatic hydroxyl groups excluding tert-OH is 1. The van der Waals surface area contributed by atoms with Gasteiger partial charge in [0.15, 0.2) is 0 Å². The molecule has 0 spiro atoms. The van der Waals surface area contributed by atoms with Crippen molar-refractivity contribution in [3.05, 3.63) is 0 Å². The Morgan fingerprint density at radius 2 is 2.40 bits per heavy atom. The Balaban J connectivity index is 2.26. The van der Waals surface area contributed by atoms with Gasteiger partial charge in [0, 0.05) is 26.7 Å². The van der Waals surface area contributed by atoms with E-state index in [1.165, 1.54) is 0 Å². The molecule has 0 saturated carbocycles. The number of nitrogens with one attached hydrogen (secondary N) is 1. The van der Waals surface area contributed by atoms with Crippen molar-refractivity contribution in [3.8, 4) is 0 Å². The minimum absolute atomic E-state index is 0.0336. The van der Waals surface area contributed by atoms with Crippen LogP contribution in [-0.4, -0.2) is 61.4 Å². The first-order valence-electron chi connectivity index (χ1n) is 5.39. The molecule has 0 aliphatic carbocycles. The fraction of sp³-hybridized carbons (Fsp3) is 0.900. The number of amides is 1. The number of carbonyl (C=O) groups excluding carboxylic acids is 1. The van der Waals surface area contributed by atoms with Crippen molar-refractivity contribution in [3.63, 3.8) is 0 Å². The van der Waals surface area contributed by atoms with Gasteiger partial charge in [0.25, 0.3) is 0 Å². The van der Waals surface area contributed by atoms with Crippen LogP contribution < -0.4 is 5.32 Å². The minimum Gasteiger partial charge on any atom is -0.392 e. The Kier molecular flexibility index (Phi) is 5.01. The van der Waals surface area contributed by atoms with Crippen molar-refractivity contribution >= 4 is 5.91 Å². The summed E-state index contributed by atoms with van der Waals surface area (Å²) in [6.45, 7) is 4.27. The third-order valence-corrected chi connectivity index (χ3v) is 2.56. The highest BCUT2D eigenvalue weighted by Crippen LogP contribution is 2.08. The van der Waals surface area contributed by atoms with E-state index in [9.17, 15) is 9.90 Å². The van der Waals surface area contributed by atoms with Gasteiger partial charge in [-0.15, -0.1) is 0 Å². The smallest absolute Gasteiger partial charge is 0.239 e. The number of rotatable bonds is 5. The Bertz CT molecular complexity index is 211. The van der Waals surface area contributed by atoms with Crippen LogP contribution in [0.4, 0.5) is 0 Å². The molecule has 0 radical (unpaired) electrons. The molecule has 0 aromatic carbocycles. The molecular formula is C10H20N2O3. The predicted octanol–water partition coefficient (Wildman–Crippen LogP) is -0.796. The maximum absolute atomic E-state index is 11.8. The summed E-state index contributed by atoms with van der Waals surface area (Å²) in [4.78, 5) is 13.4. The minimum atomic E-state index is -0.390. The lowest BCUT2D eigenvalue weighted by molar-refractivity contribution is -0.132. The molecule has 1 saturated heterocycles. The van der Waals surface area contributed by atoms with Crippen LogP contribution in [0.25, 0.3) is 0 Å². The van der Waals surface area contributed by atoms with Crippen LogP contribution in [0.1, 0.15) is 13.3 Å². The molecule has 1 heterocycles. The largest absolute Gasteiger partial charge is 0.392 e. The normalized spacial score (nSPS) is 25.5. The van der Waals surface area contributed by atoms with Crippen LogP contribution in [0.5, 0.6) is 0 Å². The maximum Gasteiger partial charge on any atom is 0.239 e. The summed E-state index contributed by atoms with van der Waals surface area (Å²) in [6.07, 6.45) is 0.122. The lowest BCUT2D eigenvalue weighted by Gasteiger charge is -2.20. The lowest BCUT2D eigenvalue weighted by atomic mass is 10.2. The van der Waals surface area contributed by atoms with Crippen molar-refractivity contribution in [2.75, 3.05) is 33.4 Å². The second kappa shape index (κ2) is 6.05. The molecular weight excluding hydrogens is 196 g/mol. The highest BCUT2D eigenvalue weighted by Gasteiger charge is 2.29. The predicted molar refractivity (Wildman–Crippen MR) is 56.5 cm³/mol. The number of ether oxygens (including phenoxy) is 1. The van der Waals surface area contributed by atoms with Gasteiger partial charge >= 0.3 is 0 Å². The summed E-state index contributed by atoms with van der Waals surface area (Å²) < 4.78 is 5.17. The van der Waals surface area contributed by atoms with Gasteiger partial charge < -0.3 is 20.1 Å². The van der Waals surface area contributed by atoms with Crippen LogP contribution in [0.3, 0.4) is 0 Å². The molecule has 1 amide bonds. The fourth-order valence-electron chi connectivity index (χ4n) is 1.63. The number of likely N-dealkylation sites (N-methyl/N-ethyl adjacent to an activating group) is 1. The van der Waals surface area contributed by atoms with E-state index >= 15 is 0 Å². The molecule has 1 aliphatic rings. The van der Waals surface area contributed by atoms with Crippen LogP contribution in [0, 0.1) is 0 Å². The van der Waals surface area contributed by atoms with Crippen molar-refractivity contribution in [1.82, 2.24) is 10.2 Å².